The smallest absolute Gasteiger partial charge is 0.317 e. The maximum absolute atomic E-state index is 14.0. The molecule has 0 spiro atoms. The number of carbonyl (C=O) groups is 1. The number of carbonyl (C=O) groups excluding carboxylic acids is 1. The van der Waals surface area contributed by atoms with Crippen LogP contribution in [0.2, 0.25) is 0 Å². The second-order valence-electron chi connectivity index (χ2n) is 7.29. The number of benzene rings is 1. The van der Waals surface area contributed by atoms with Gasteiger partial charge in [0.2, 0.25) is 0 Å². The number of hydrogen-bond acceptors (Lipinski definition) is 4. The standard InChI is InChI=1S/C19H30FNO3/c1-6-14-7-8-16(15(20)13-14)24-17(22)18(2,3)10-12-23-19(4,5)9-11-21/h7-8,13H,6,9-12,21H2,1-5H3. The van der Waals surface area contributed by atoms with Gasteiger partial charge in [0.15, 0.2) is 11.6 Å². The van der Waals surface area contributed by atoms with Crippen LogP contribution in [0.3, 0.4) is 0 Å². The van der Waals surface area contributed by atoms with Crippen molar-refractivity contribution in [1.82, 2.24) is 0 Å². The van der Waals surface area contributed by atoms with Gasteiger partial charge in [-0.3, -0.25) is 4.79 Å². The van der Waals surface area contributed by atoms with Gasteiger partial charge in [-0.1, -0.05) is 13.0 Å². The highest BCUT2D eigenvalue weighted by atomic mass is 19.1. The first-order valence-corrected chi connectivity index (χ1v) is 8.46. The predicted octanol–water partition coefficient (Wildman–Crippen LogP) is 3.85. The Morgan fingerprint density at radius 2 is 1.88 bits per heavy atom. The number of rotatable bonds is 9. The van der Waals surface area contributed by atoms with Gasteiger partial charge in [-0.2, -0.15) is 0 Å². The van der Waals surface area contributed by atoms with Crippen LogP contribution < -0.4 is 10.5 Å². The van der Waals surface area contributed by atoms with Crippen molar-refractivity contribution in [2.75, 3.05) is 13.2 Å². The summed E-state index contributed by atoms with van der Waals surface area (Å²) in [5, 5.41) is 0. The Bertz CT molecular complexity index is 556. The van der Waals surface area contributed by atoms with Crippen molar-refractivity contribution < 1.29 is 18.7 Å². The van der Waals surface area contributed by atoms with E-state index in [1.54, 1.807) is 19.9 Å². The second kappa shape index (κ2) is 8.58. The zero-order chi connectivity index (χ0) is 18.4. The van der Waals surface area contributed by atoms with E-state index in [1.165, 1.54) is 12.1 Å². The highest BCUT2D eigenvalue weighted by molar-refractivity contribution is 5.78. The molecule has 0 aromatic heterocycles. The van der Waals surface area contributed by atoms with Gasteiger partial charge < -0.3 is 15.2 Å². The molecule has 0 bridgehead atoms. The van der Waals surface area contributed by atoms with Crippen LogP contribution in [0, 0.1) is 11.2 Å². The first kappa shape index (κ1) is 20.6. The molecule has 0 atom stereocenters. The van der Waals surface area contributed by atoms with Crippen molar-refractivity contribution in [2.24, 2.45) is 11.1 Å². The minimum Gasteiger partial charge on any atom is -0.423 e. The Balaban J connectivity index is 2.62. The van der Waals surface area contributed by atoms with Crippen LogP contribution in [0.25, 0.3) is 0 Å². The zero-order valence-corrected chi connectivity index (χ0v) is 15.4. The number of ether oxygens (including phenoxy) is 2. The molecule has 0 aliphatic rings. The molecule has 0 saturated heterocycles. The summed E-state index contributed by atoms with van der Waals surface area (Å²) in [7, 11) is 0. The lowest BCUT2D eigenvalue weighted by Crippen LogP contribution is -2.33. The quantitative estimate of drug-likeness (QED) is 0.548. The SMILES string of the molecule is CCc1ccc(OC(=O)C(C)(C)CCOC(C)(C)CCN)c(F)c1. The van der Waals surface area contributed by atoms with E-state index in [2.05, 4.69) is 0 Å². The van der Waals surface area contributed by atoms with Crippen molar-refractivity contribution in [2.45, 2.75) is 59.5 Å². The number of esters is 1. The molecule has 0 unspecified atom stereocenters. The summed E-state index contributed by atoms with van der Waals surface area (Å²) in [6, 6.07) is 4.66. The molecule has 0 amide bonds. The molecule has 136 valence electrons. The Kier molecular flexibility index (Phi) is 7.36. The maximum atomic E-state index is 14.0. The van der Waals surface area contributed by atoms with Crippen LogP contribution in [0.5, 0.6) is 5.75 Å². The summed E-state index contributed by atoms with van der Waals surface area (Å²) in [6.45, 7) is 10.4. The van der Waals surface area contributed by atoms with Crippen LogP contribution in [-0.2, 0) is 16.0 Å². The number of hydrogen-bond donors (Lipinski definition) is 1. The van der Waals surface area contributed by atoms with E-state index in [9.17, 15) is 9.18 Å². The minimum atomic E-state index is -0.769. The summed E-state index contributed by atoms with van der Waals surface area (Å²) < 4.78 is 25.0. The van der Waals surface area contributed by atoms with Crippen LogP contribution in [0.15, 0.2) is 18.2 Å². The molecule has 5 heteroatoms. The molecule has 1 aromatic rings. The number of aryl methyl sites for hydroxylation is 1. The van der Waals surface area contributed by atoms with Gasteiger partial charge in [-0.05, 0) is 71.2 Å². The van der Waals surface area contributed by atoms with E-state index >= 15 is 0 Å². The summed E-state index contributed by atoms with van der Waals surface area (Å²) >= 11 is 0. The average molecular weight is 339 g/mol. The highest BCUT2D eigenvalue weighted by Gasteiger charge is 2.31. The fourth-order valence-electron chi connectivity index (χ4n) is 2.19. The van der Waals surface area contributed by atoms with Crippen molar-refractivity contribution in [3.63, 3.8) is 0 Å². The lowest BCUT2D eigenvalue weighted by Gasteiger charge is -2.28. The molecule has 0 aliphatic heterocycles. The molecule has 0 fully saturated rings. The third-order valence-corrected chi connectivity index (χ3v) is 4.13. The normalized spacial score (nSPS) is 12.3. The largest absolute Gasteiger partial charge is 0.423 e. The lowest BCUT2D eigenvalue weighted by atomic mass is 9.90. The Hall–Kier alpha value is -1.46. The van der Waals surface area contributed by atoms with Gasteiger partial charge in [0, 0.05) is 6.61 Å². The maximum Gasteiger partial charge on any atom is 0.317 e. The molecule has 1 aromatic carbocycles. The van der Waals surface area contributed by atoms with Crippen LogP contribution >= 0.6 is 0 Å². The third-order valence-electron chi connectivity index (χ3n) is 4.13. The van der Waals surface area contributed by atoms with Gasteiger partial charge in [0.1, 0.15) is 0 Å². The van der Waals surface area contributed by atoms with Gasteiger partial charge in [0.25, 0.3) is 0 Å². The van der Waals surface area contributed by atoms with Crippen LogP contribution in [-0.4, -0.2) is 24.7 Å². The Morgan fingerprint density at radius 3 is 2.42 bits per heavy atom. The van der Waals surface area contributed by atoms with Crippen molar-refractivity contribution in [3.8, 4) is 5.75 Å². The summed E-state index contributed by atoms with van der Waals surface area (Å²) in [5.41, 5.74) is 5.32. The van der Waals surface area contributed by atoms with E-state index in [1.807, 2.05) is 20.8 Å². The van der Waals surface area contributed by atoms with Crippen molar-refractivity contribution >= 4 is 5.97 Å². The van der Waals surface area contributed by atoms with Gasteiger partial charge >= 0.3 is 5.97 Å². The monoisotopic (exact) mass is 339 g/mol. The van der Waals surface area contributed by atoms with E-state index in [-0.39, 0.29) is 11.4 Å². The molecule has 4 nitrogen and oxygen atoms in total. The molecule has 0 heterocycles. The molecule has 0 radical (unpaired) electrons. The second-order valence-corrected chi connectivity index (χ2v) is 7.29. The van der Waals surface area contributed by atoms with Gasteiger partial charge in [-0.25, -0.2) is 4.39 Å². The van der Waals surface area contributed by atoms with E-state index in [4.69, 9.17) is 15.2 Å². The minimum absolute atomic E-state index is 0.0327. The Morgan fingerprint density at radius 1 is 1.21 bits per heavy atom. The number of nitrogens with two attached hydrogens (primary N) is 1. The molecule has 2 N–H and O–H groups in total. The van der Waals surface area contributed by atoms with Gasteiger partial charge in [0.05, 0.1) is 11.0 Å². The molecular formula is C19H30FNO3. The lowest BCUT2D eigenvalue weighted by molar-refractivity contribution is -0.146. The fourth-order valence-corrected chi connectivity index (χ4v) is 2.19. The molecule has 0 aliphatic carbocycles. The zero-order valence-electron chi connectivity index (χ0n) is 15.4. The van der Waals surface area contributed by atoms with E-state index in [0.29, 0.717) is 19.6 Å². The fraction of sp³-hybridized carbons (Fsp3) is 0.632. The molecule has 0 saturated carbocycles. The first-order valence-electron chi connectivity index (χ1n) is 8.46. The average Bonchev–Trinajstić information content (AvgIpc) is 2.48. The van der Waals surface area contributed by atoms with E-state index < -0.39 is 17.2 Å². The van der Waals surface area contributed by atoms with Crippen LogP contribution in [0.4, 0.5) is 4.39 Å². The topological polar surface area (TPSA) is 61.5 Å². The summed E-state index contributed by atoms with van der Waals surface area (Å²) in [5.74, 6) is -1.01. The van der Waals surface area contributed by atoms with Crippen LogP contribution in [0.1, 0.15) is 53.0 Å². The number of halogens is 1. The Labute approximate surface area is 144 Å². The van der Waals surface area contributed by atoms with Crippen molar-refractivity contribution in [3.05, 3.63) is 29.6 Å². The summed E-state index contributed by atoms with van der Waals surface area (Å²) in [6.07, 6.45) is 1.95. The molecular weight excluding hydrogens is 309 g/mol. The predicted molar refractivity (Wildman–Crippen MR) is 93.5 cm³/mol. The van der Waals surface area contributed by atoms with Crippen molar-refractivity contribution in [1.29, 1.82) is 0 Å². The highest BCUT2D eigenvalue weighted by Crippen LogP contribution is 2.27. The molecule has 1 rings (SSSR count). The first-order chi connectivity index (χ1) is 11.1. The van der Waals surface area contributed by atoms with Gasteiger partial charge in [-0.15, -0.1) is 0 Å². The summed E-state index contributed by atoms with van der Waals surface area (Å²) in [4.78, 5) is 12.4. The van der Waals surface area contributed by atoms with E-state index in [0.717, 1.165) is 18.4 Å². The molecule has 24 heavy (non-hydrogen) atoms. The third kappa shape index (κ3) is 6.21.